The highest BCUT2D eigenvalue weighted by molar-refractivity contribution is 5.94. The lowest BCUT2D eigenvalue weighted by atomic mass is 10.1. The molecular weight excluding hydrogens is 286 g/mol. The average molecular weight is 301 g/mol. The highest BCUT2D eigenvalue weighted by atomic mass is 16.6. The Bertz CT molecular complexity index is 688. The van der Waals surface area contributed by atoms with E-state index in [0.717, 1.165) is 0 Å². The maximum absolute atomic E-state index is 11.7. The molecule has 0 fully saturated rings. The van der Waals surface area contributed by atoms with Crippen LogP contribution in [0.2, 0.25) is 0 Å². The highest BCUT2D eigenvalue weighted by Crippen LogP contribution is 2.24. The third kappa shape index (κ3) is 3.80. The van der Waals surface area contributed by atoms with E-state index in [1.165, 1.54) is 25.3 Å². The van der Waals surface area contributed by atoms with Crippen LogP contribution in [0.4, 0.5) is 11.4 Å². The summed E-state index contributed by atoms with van der Waals surface area (Å²) in [6.45, 7) is 0.282. The Morgan fingerprint density at radius 3 is 2.82 bits per heavy atom. The van der Waals surface area contributed by atoms with E-state index in [1.54, 1.807) is 24.3 Å². The van der Waals surface area contributed by atoms with Gasteiger partial charge in [0.25, 0.3) is 5.91 Å². The number of nitrogens with zero attached hydrogens (tertiary/aromatic N) is 1. The van der Waals surface area contributed by atoms with Crippen LogP contribution in [0, 0.1) is 4.91 Å². The van der Waals surface area contributed by atoms with Gasteiger partial charge in [-0.05, 0) is 41.6 Å². The van der Waals surface area contributed by atoms with Gasteiger partial charge < -0.3 is 10.4 Å². The Morgan fingerprint density at radius 1 is 1.27 bits per heavy atom. The topological polar surface area (TPSA) is 100 Å². The lowest BCUT2D eigenvalue weighted by Crippen LogP contribution is -2.21. The molecule has 114 valence electrons. The quantitative estimate of drug-likeness (QED) is 0.562. The normalized spacial score (nSPS) is 10.0. The van der Waals surface area contributed by atoms with Gasteiger partial charge in [-0.1, -0.05) is 6.07 Å². The molecule has 0 unspecified atom stereocenters. The third-order valence-electron chi connectivity index (χ3n) is 2.97. The molecule has 0 spiro atoms. The van der Waals surface area contributed by atoms with Crippen molar-refractivity contribution in [1.29, 1.82) is 0 Å². The van der Waals surface area contributed by atoms with Gasteiger partial charge >= 0.3 is 0 Å². The molecule has 0 aliphatic rings. The first-order chi connectivity index (χ1) is 10.6. The van der Waals surface area contributed by atoms with E-state index in [-0.39, 0.29) is 23.9 Å². The van der Waals surface area contributed by atoms with E-state index in [2.05, 4.69) is 20.8 Å². The number of anilines is 1. The zero-order valence-electron chi connectivity index (χ0n) is 11.9. The summed E-state index contributed by atoms with van der Waals surface area (Å²) >= 11 is 0. The van der Waals surface area contributed by atoms with Gasteiger partial charge in [0.05, 0.1) is 7.11 Å². The predicted molar refractivity (Wildman–Crippen MR) is 81.8 cm³/mol. The number of nitrogens with one attached hydrogen (secondary N) is 2. The molecule has 7 nitrogen and oxygen atoms in total. The van der Waals surface area contributed by atoms with E-state index >= 15 is 0 Å². The second-order valence-corrected chi connectivity index (χ2v) is 4.47. The second-order valence-electron chi connectivity index (χ2n) is 4.47. The van der Waals surface area contributed by atoms with Crippen LogP contribution < -0.4 is 10.8 Å². The SMILES string of the molecule is CONC(=O)c1cccc(NCc2cc(N=O)ccc2O)c1. The minimum atomic E-state index is -0.360. The molecule has 3 N–H and O–H groups in total. The number of rotatable bonds is 6. The van der Waals surface area contributed by atoms with Crippen LogP contribution in [-0.2, 0) is 11.4 Å². The summed E-state index contributed by atoms with van der Waals surface area (Å²) in [6.07, 6.45) is 0. The Labute approximate surface area is 126 Å². The number of aromatic hydroxyl groups is 1. The molecule has 0 aromatic heterocycles. The van der Waals surface area contributed by atoms with Crippen molar-refractivity contribution < 1.29 is 14.7 Å². The molecule has 0 heterocycles. The van der Waals surface area contributed by atoms with E-state index in [4.69, 9.17) is 0 Å². The molecule has 2 rings (SSSR count). The van der Waals surface area contributed by atoms with Gasteiger partial charge in [-0.3, -0.25) is 9.63 Å². The zero-order valence-corrected chi connectivity index (χ0v) is 11.9. The van der Waals surface area contributed by atoms with Gasteiger partial charge in [-0.15, -0.1) is 4.91 Å². The van der Waals surface area contributed by atoms with Crippen LogP contribution in [0.5, 0.6) is 5.75 Å². The summed E-state index contributed by atoms with van der Waals surface area (Å²) in [4.78, 5) is 26.8. The van der Waals surface area contributed by atoms with Crippen LogP contribution in [-0.4, -0.2) is 18.1 Å². The second kappa shape index (κ2) is 7.19. The molecule has 0 saturated carbocycles. The number of carbonyl (C=O) groups is 1. The van der Waals surface area contributed by atoms with Gasteiger partial charge in [0.2, 0.25) is 0 Å². The first-order valence-corrected chi connectivity index (χ1v) is 6.46. The van der Waals surface area contributed by atoms with Crippen molar-refractivity contribution in [2.24, 2.45) is 5.18 Å². The summed E-state index contributed by atoms with van der Waals surface area (Å²) in [5.74, 6) is -0.297. The van der Waals surface area contributed by atoms with Crippen molar-refractivity contribution in [2.75, 3.05) is 12.4 Å². The van der Waals surface area contributed by atoms with Crippen molar-refractivity contribution in [3.05, 3.63) is 58.5 Å². The lowest BCUT2D eigenvalue weighted by Gasteiger charge is -2.10. The largest absolute Gasteiger partial charge is 0.508 e. The lowest BCUT2D eigenvalue weighted by molar-refractivity contribution is 0.0537. The van der Waals surface area contributed by atoms with E-state index in [9.17, 15) is 14.8 Å². The van der Waals surface area contributed by atoms with Crippen molar-refractivity contribution >= 4 is 17.3 Å². The molecule has 0 atom stereocenters. The van der Waals surface area contributed by atoms with E-state index < -0.39 is 0 Å². The molecule has 0 radical (unpaired) electrons. The molecule has 0 aliphatic heterocycles. The van der Waals surface area contributed by atoms with Crippen LogP contribution in [0.3, 0.4) is 0 Å². The fourth-order valence-corrected chi connectivity index (χ4v) is 1.89. The number of benzene rings is 2. The monoisotopic (exact) mass is 301 g/mol. The van der Waals surface area contributed by atoms with Crippen molar-refractivity contribution in [3.63, 3.8) is 0 Å². The summed E-state index contributed by atoms with van der Waals surface area (Å²) < 4.78 is 0. The third-order valence-corrected chi connectivity index (χ3v) is 2.97. The maximum Gasteiger partial charge on any atom is 0.274 e. The molecule has 7 heteroatoms. The minimum absolute atomic E-state index is 0.0631. The average Bonchev–Trinajstić information content (AvgIpc) is 2.54. The zero-order chi connectivity index (χ0) is 15.9. The van der Waals surface area contributed by atoms with Crippen molar-refractivity contribution in [3.8, 4) is 5.75 Å². The fourth-order valence-electron chi connectivity index (χ4n) is 1.89. The molecule has 0 bridgehead atoms. The molecule has 0 saturated heterocycles. The van der Waals surface area contributed by atoms with Gasteiger partial charge in [0.15, 0.2) is 0 Å². The number of amides is 1. The van der Waals surface area contributed by atoms with Crippen LogP contribution in [0.1, 0.15) is 15.9 Å². The molecule has 0 aliphatic carbocycles. The standard InChI is InChI=1S/C15H15N3O4/c1-22-18-15(20)10-3-2-4-12(7-10)16-9-11-8-13(17-21)5-6-14(11)19/h2-8,16,19H,9H2,1H3,(H,18,20). The first-order valence-electron chi connectivity index (χ1n) is 6.46. The minimum Gasteiger partial charge on any atom is -0.508 e. The van der Waals surface area contributed by atoms with Crippen LogP contribution in [0.15, 0.2) is 47.6 Å². The van der Waals surface area contributed by atoms with Gasteiger partial charge in [-0.2, -0.15) is 0 Å². The number of nitroso groups, excluding NO2 is 1. The maximum atomic E-state index is 11.7. The summed E-state index contributed by atoms with van der Waals surface area (Å²) in [5.41, 5.74) is 4.12. The molecule has 2 aromatic rings. The van der Waals surface area contributed by atoms with Gasteiger partial charge in [0, 0.05) is 23.4 Å². The molecule has 22 heavy (non-hydrogen) atoms. The highest BCUT2D eigenvalue weighted by Gasteiger charge is 2.07. The summed E-state index contributed by atoms with van der Waals surface area (Å²) in [7, 11) is 1.36. The van der Waals surface area contributed by atoms with Gasteiger partial charge in [-0.25, -0.2) is 5.48 Å². The molecule has 2 aromatic carbocycles. The number of hydrogen-bond donors (Lipinski definition) is 3. The summed E-state index contributed by atoms with van der Waals surface area (Å²) in [5, 5.41) is 15.7. The Kier molecular flexibility index (Phi) is 5.05. The smallest absolute Gasteiger partial charge is 0.274 e. The Morgan fingerprint density at radius 2 is 2.09 bits per heavy atom. The van der Waals surface area contributed by atoms with Crippen LogP contribution >= 0.6 is 0 Å². The van der Waals surface area contributed by atoms with Crippen LogP contribution in [0.25, 0.3) is 0 Å². The predicted octanol–water partition coefficient (Wildman–Crippen LogP) is 2.69. The van der Waals surface area contributed by atoms with Crippen molar-refractivity contribution in [1.82, 2.24) is 5.48 Å². The Balaban J connectivity index is 2.10. The molecular formula is C15H15N3O4. The van der Waals surface area contributed by atoms with Crippen molar-refractivity contribution in [2.45, 2.75) is 6.54 Å². The fraction of sp³-hybridized carbons (Fsp3) is 0.133. The summed E-state index contributed by atoms with van der Waals surface area (Å²) in [6, 6.07) is 11.1. The number of carbonyl (C=O) groups excluding carboxylic acids is 1. The van der Waals surface area contributed by atoms with E-state index in [1.807, 2.05) is 0 Å². The number of phenols is 1. The van der Waals surface area contributed by atoms with E-state index in [0.29, 0.717) is 16.8 Å². The first kappa shape index (κ1) is 15.5. The number of hydroxylamine groups is 1. The molecule has 1 amide bonds. The number of phenolic OH excluding ortho intramolecular Hbond substituents is 1. The Hall–Kier alpha value is -2.93. The number of hydrogen-bond acceptors (Lipinski definition) is 6. The van der Waals surface area contributed by atoms with Gasteiger partial charge in [0.1, 0.15) is 11.4 Å².